The van der Waals surface area contributed by atoms with E-state index in [1.54, 1.807) is 0 Å². The van der Waals surface area contributed by atoms with E-state index in [0.717, 1.165) is 0 Å². The van der Waals surface area contributed by atoms with Crippen molar-refractivity contribution in [2.45, 2.75) is 98.4 Å². The molecule has 0 radical (unpaired) electrons. The first-order valence-electron chi connectivity index (χ1n) is 10.4. The summed E-state index contributed by atoms with van der Waals surface area (Å²) in [6.45, 7) is 4.80. The molecular formula is C18H13BF21IO2. The second-order valence-corrected chi connectivity index (χ2v) is 11.1. The molecule has 0 aromatic heterocycles. The molecular weight excluding hydrogens is 785 g/mol. The first kappa shape index (κ1) is 40.0. The van der Waals surface area contributed by atoms with Crippen LogP contribution in [0.1, 0.15) is 27.7 Å². The van der Waals surface area contributed by atoms with Gasteiger partial charge in [-0.1, -0.05) is 22.6 Å². The Morgan fingerprint density at radius 1 is 0.465 bits per heavy atom. The molecule has 0 bridgehead atoms. The van der Waals surface area contributed by atoms with E-state index < -0.39 is 87.4 Å². The number of alkyl halides is 21. The van der Waals surface area contributed by atoms with Crippen LogP contribution < -0.4 is 0 Å². The van der Waals surface area contributed by atoms with Gasteiger partial charge in [-0.3, -0.25) is 0 Å². The molecule has 1 heterocycles. The summed E-state index contributed by atoms with van der Waals surface area (Å²) in [6, 6.07) is 0. The van der Waals surface area contributed by atoms with E-state index in [0.29, 0.717) is 22.6 Å². The van der Waals surface area contributed by atoms with Crippen LogP contribution in [0.15, 0.2) is 9.56 Å². The van der Waals surface area contributed by atoms with E-state index in [2.05, 4.69) is 0 Å². The number of allylic oxidation sites excluding steroid dienone is 1. The minimum absolute atomic E-state index is 0.605. The SMILES string of the molecule is CC1(C)OB(/C(I)=C\C(F)(F)C(F)(F)C(F)(F)C(F)(F)C(F)(F)C(F)(F)C(F)(F)C(F)(F)C(F)(F)C(F)(F)F)OC1(C)C. The van der Waals surface area contributed by atoms with Gasteiger partial charge in [0, 0.05) is 3.48 Å². The maximum atomic E-state index is 14.2. The fraction of sp³-hybridized carbons (Fsp3) is 0.889. The highest BCUT2D eigenvalue weighted by Gasteiger charge is 2.97. The minimum Gasteiger partial charge on any atom is -0.399 e. The van der Waals surface area contributed by atoms with Gasteiger partial charge in [-0.15, -0.1) is 0 Å². The van der Waals surface area contributed by atoms with E-state index in [9.17, 15) is 92.2 Å². The zero-order chi connectivity index (χ0) is 35.3. The van der Waals surface area contributed by atoms with Crippen LogP contribution in [-0.2, 0) is 9.31 Å². The van der Waals surface area contributed by atoms with Crippen molar-refractivity contribution in [2.24, 2.45) is 0 Å². The van der Waals surface area contributed by atoms with E-state index in [-0.39, 0.29) is 0 Å². The Labute approximate surface area is 239 Å². The number of hydrogen-bond acceptors (Lipinski definition) is 2. The maximum Gasteiger partial charge on any atom is 0.501 e. The molecule has 0 spiro atoms. The van der Waals surface area contributed by atoms with Crippen LogP contribution in [0.5, 0.6) is 0 Å². The van der Waals surface area contributed by atoms with Crippen molar-refractivity contribution in [3.05, 3.63) is 9.56 Å². The van der Waals surface area contributed by atoms with E-state index in [4.69, 9.17) is 9.31 Å². The predicted molar refractivity (Wildman–Crippen MR) is 109 cm³/mol. The zero-order valence-electron chi connectivity index (χ0n) is 20.8. The largest absolute Gasteiger partial charge is 0.501 e. The molecule has 0 aromatic carbocycles. The van der Waals surface area contributed by atoms with Gasteiger partial charge in [0.15, 0.2) is 0 Å². The molecule has 0 N–H and O–H groups in total. The molecule has 0 unspecified atom stereocenters. The van der Waals surface area contributed by atoms with Gasteiger partial charge in [0.2, 0.25) is 0 Å². The third-order valence-electron chi connectivity index (χ3n) is 6.33. The van der Waals surface area contributed by atoms with E-state index in [1.807, 2.05) is 0 Å². The summed E-state index contributed by atoms with van der Waals surface area (Å²) in [6.07, 6.45) is -9.41. The molecule has 1 saturated heterocycles. The molecule has 2 nitrogen and oxygen atoms in total. The van der Waals surface area contributed by atoms with Crippen LogP contribution >= 0.6 is 22.6 Å². The Morgan fingerprint density at radius 2 is 0.698 bits per heavy atom. The van der Waals surface area contributed by atoms with Crippen LogP contribution in [0.4, 0.5) is 92.2 Å². The van der Waals surface area contributed by atoms with Crippen LogP contribution in [0.25, 0.3) is 0 Å². The van der Waals surface area contributed by atoms with Crippen LogP contribution in [0, 0.1) is 0 Å². The Morgan fingerprint density at radius 3 is 0.953 bits per heavy atom. The third-order valence-corrected chi connectivity index (χ3v) is 7.15. The van der Waals surface area contributed by atoms with Crippen LogP contribution in [0.2, 0.25) is 0 Å². The summed E-state index contributed by atoms with van der Waals surface area (Å²) in [7, 11) is -2.19. The van der Waals surface area contributed by atoms with Crippen molar-refractivity contribution in [3.8, 4) is 0 Å². The predicted octanol–water partition coefficient (Wildman–Crippen LogP) is 9.22. The Hall–Kier alpha value is -1.02. The Balaban J connectivity index is 3.73. The van der Waals surface area contributed by atoms with Gasteiger partial charge in [0.1, 0.15) is 0 Å². The zero-order valence-corrected chi connectivity index (χ0v) is 22.9. The minimum atomic E-state index is -9.20. The fourth-order valence-corrected chi connectivity index (χ4v) is 3.50. The van der Waals surface area contributed by atoms with E-state index >= 15 is 0 Å². The Bertz CT molecular complexity index is 1080. The summed E-state index contributed by atoms with van der Waals surface area (Å²) in [5.41, 5.74) is -2.97. The normalized spacial score (nSPS) is 20.6. The molecule has 254 valence electrons. The molecule has 0 amide bonds. The van der Waals surface area contributed by atoms with Gasteiger partial charge in [-0.05, 0) is 33.8 Å². The summed E-state index contributed by atoms with van der Waals surface area (Å²) < 4.78 is 292. The first-order valence-corrected chi connectivity index (χ1v) is 11.5. The smallest absolute Gasteiger partial charge is 0.399 e. The quantitative estimate of drug-likeness (QED) is 0.125. The summed E-state index contributed by atoms with van der Waals surface area (Å²) in [4.78, 5) is 0. The van der Waals surface area contributed by atoms with Gasteiger partial charge < -0.3 is 9.31 Å². The van der Waals surface area contributed by atoms with Crippen molar-refractivity contribution < 1.29 is 102 Å². The van der Waals surface area contributed by atoms with Gasteiger partial charge in [-0.2, -0.15) is 92.2 Å². The summed E-state index contributed by atoms with van der Waals surface area (Å²) >= 11 is 0.605. The lowest BCUT2D eigenvalue weighted by Crippen LogP contribution is -2.76. The summed E-state index contributed by atoms with van der Waals surface area (Å²) in [5, 5.41) is 0. The monoisotopic (exact) mass is 798 g/mol. The van der Waals surface area contributed by atoms with Gasteiger partial charge in [-0.25, -0.2) is 0 Å². The van der Waals surface area contributed by atoms with E-state index in [1.165, 1.54) is 27.7 Å². The topological polar surface area (TPSA) is 18.5 Å². The van der Waals surface area contributed by atoms with Crippen LogP contribution in [0.3, 0.4) is 0 Å². The van der Waals surface area contributed by atoms with Crippen molar-refractivity contribution in [1.82, 2.24) is 0 Å². The standard InChI is InChI=1S/C18H13BF21IO2/c1-7(2)8(3,4)43-19(42-7)6(41)5-9(20,21)10(22,23)11(24,25)12(26,27)13(28,29)14(30,31)15(32,33)16(34,35)17(36,37)18(38,39)40/h5H,1-4H3/b6-5+. The van der Waals surface area contributed by atoms with Crippen molar-refractivity contribution in [3.63, 3.8) is 0 Å². The number of rotatable bonds is 10. The second kappa shape index (κ2) is 10.2. The number of halogens is 22. The summed E-state index contributed by atoms with van der Waals surface area (Å²) in [5.74, 6) is -77.5. The molecule has 1 aliphatic rings. The first-order chi connectivity index (χ1) is 18.2. The lowest BCUT2D eigenvalue weighted by molar-refractivity contribution is -0.473. The van der Waals surface area contributed by atoms with Crippen molar-refractivity contribution >= 4 is 29.7 Å². The molecule has 1 aliphatic heterocycles. The average molecular weight is 798 g/mol. The molecule has 43 heavy (non-hydrogen) atoms. The van der Waals surface area contributed by atoms with Gasteiger partial charge in [0.25, 0.3) is 0 Å². The highest BCUT2D eigenvalue weighted by atomic mass is 127. The highest BCUT2D eigenvalue weighted by molar-refractivity contribution is 14.1. The van der Waals surface area contributed by atoms with Crippen LogP contribution in [-0.4, -0.2) is 77.8 Å². The van der Waals surface area contributed by atoms with Crippen molar-refractivity contribution in [2.75, 3.05) is 0 Å². The van der Waals surface area contributed by atoms with Gasteiger partial charge >= 0.3 is 66.6 Å². The average Bonchev–Trinajstić information content (AvgIpc) is 2.98. The molecule has 0 saturated carbocycles. The third kappa shape index (κ3) is 5.34. The fourth-order valence-electron chi connectivity index (χ4n) is 2.86. The maximum absolute atomic E-state index is 14.2. The molecule has 0 atom stereocenters. The van der Waals surface area contributed by atoms with Crippen molar-refractivity contribution in [1.29, 1.82) is 0 Å². The highest BCUT2D eigenvalue weighted by Crippen LogP contribution is 2.66. The lowest BCUT2D eigenvalue weighted by atomic mass is 9.84. The second-order valence-electron chi connectivity index (χ2n) is 9.83. The Kier molecular flexibility index (Phi) is 9.53. The number of hydrogen-bond donors (Lipinski definition) is 0. The molecule has 1 rings (SSSR count). The molecule has 0 aromatic rings. The molecule has 1 fully saturated rings. The van der Waals surface area contributed by atoms with Gasteiger partial charge in [0.05, 0.1) is 11.2 Å². The molecule has 0 aliphatic carbocycles. The molecule has 25 heteroatoms. The lowest BCUT2D eigenvalue weighted by Gasteiger charge is -2.44.